The normalized spacial score (nSPS) is 15.3. The Bertz CT molecular complexity index is 1160. The summed E-state index contributed by atoms with van der Waals surface area (Å²) >= 11 is 0. The van der Waals surface area contributed by atoms with Crippen molar-refractivity contribution < 1.29 is 14.7 Å². The number of ketones is 1. The molecule has 0 fully saturated rings. The molecule has 0 aromatic heterocycles. The maximum Gasteiger partial charge on any atom is 0.340 e. The summed E-state index contributed by atoms with van der Waals surface area (Å²) in [7, 11) is 0. The van der Waals surface area contributed by atoms with Gasteiger partial charge in [0, 0.05) is 16.7 Å². The van der Waals surface area contributed by atoms with Crippen LogP contribution in [0.3, 0.4) is 0 Å². The lowest BCUT2D eigenvalue weighted by Gasteiger charge is -2.07. The second-order valence-electron chi connectivity index (χ2n) is 6.21. The van der Waals surface area contributed by atoms with Crippen LogP contribution in [-0.4, -0.2) is 16.9 Å². The van der Waals surface area contributed by atoms with Gasteiger partial charge in [-0.3, -0.25) is 4.79 Å². The quantitative estimate of drug-likeness (QED) is 0.719. The molecule has 0 unspecified atom stereocenters. The van der Waals surface area contributed by atoms with Crippen LogP contribution < -0.4 is 0 Å². The van der Waals surface area contributed by atoms with Crippen LogP contribution in [0.25, 0.3) is 27.5 Å². The van der Waals surface area contributed by atoms with E-state index in [1.165, 1.54) is 0 Å². The predicted molar refractivity (Wildman–Crippen MR) is 96.8 cm³/mol. The zero-order valence-electron chi connectivity index (χ0n) is 13.1. The van der Waals surface area contributed by atoms with E-state index in [2.05, 4.69) is 0 Å². The molecular weight excluding hydrogens is 312 g/mol. The zero-order chi connectivity index (χ0) is 17.1. The van der Waals surface area contributed by atoms with E-state index in [1.54, 1.807) is 0 Å². The number of hydrogen-bond donors (Lipinski definition) is 1. The number of Topliss-reactive ketones (excluding diaryl/α,β-unsaturated/α-hetero) is 1. The molecule has 3 heteroatoms. The molecule has 0 aliphatic heterocycles. The van der Waals surface area contributed by atoms with Crippen LogP contribution in [0, 0.1) is 0 Å². The summed E-state index contributed by atoms with van der Waals surface area (Å²) in [5.41, 5.74) is 4.19. The Kier molecular flexibility index (Phi) is 2.66. The van der Waals surface area contributed by atoms with Crippen LogP contribution in [0.2, 0.25) is 0 Å². The van der Waals surface area contributed by atoms with E-state index in [4.69, 9.17) is 0 Å². The maximum atomic E-state index is 13.0. The van der Waals surface area contributed by atoms with Gasteiger partial charge in [-0.1, -0.05) is 66.7 Å². The van der Waals surface area contributed by atoms with Gasteiger partial charge in [0.15, 0.2) is 0 Å². The van der Waals surface area contributed by atoms with Gasteiger partial charge in [0.05, 0.1) is 0 Å². The number of aliphatic carboxylic acids is 1. The largest absolute Gasteiger partial charge is 0.478 e. The van der Waals surface area contributed by atoms with Gasteiger partial charge in [0.25, 0.3) is 0 Å². The fraction of sp³-hybridized carbons (Fsp3) is 0. The highest BCUT2D eigenvalue weighted by Gasteiger charge is 2.42. The van der Waals surface area contributed by atoms with Crippen molar-refractivity contribution in [3.63, 3.8) is 0 Å². The highest BCUT2D eigenvalue weighted by atomic mass is 16.4. The molecule has 0 bridgehead atoms. The summed E-state index contributed by atoms with van der Waals surface area (Å²) in [6.07, 6.45) is 0. The molecule has 0 saturated heterocycles. The molecule has 2 aliphatic carbocycles. The van der Waals surface area contributed by atoms with E-state index < -0.39 is 11.8 Å². The fourth-order valence-electron chi connectivity index (χ4n) is 3.98. The molecule has 2 aliphatic rings. The first-order chi connectivity index (χ1) is 12.2. The molecule has 3 aromatic rings. The second-order valence-corrected chi connectivity index (χ2v) is 6.21. The average Bonchev–Trinajstić information content (AvgIpc) is 3.10. The number of carbonyl (C=O) groups excluding carboxylic acids is 1. The van der Waals surface area contributed by atoms with E-state index in [0.717, 1.165) is 33.0 Å². The van der Waals surface area contributed by atoms with Crippen LogP contribution in [0.15, 0.2) is 72.3 Å². The maximum absolute atomic E-state index is 13.0. The first kappa shape index (κ1) is 13.9. The van der Waals surface area contributed by atoms with E-state index in [-0.39, 0.29) is 5.57 Å². The summed E-state index contributed by atoms with van der Waals surface area (Å²) in [4.78, 5) is 24.9. The molecule has 5 rings (SSSR count). The Morgan fingerprint density at radius 2 is 1.36 bits per heavy atom. The Hall–Kier alpha value is -3.46. The van der Waals surface area contributed by atoms with Crippen LogP contribution in [0.5, 0.6) is 0 Å². The Morgan fingerprint density at radius 3 is 2.00 bits per heavy atom. The van der Waals surface area contributed by atoms with E-state index in [0.29, 0.717) is 11.1 Å². The van der Waals surface area contributed by atoms with Crippen LogP contribution in [0.4, 0.5) is 0 Å². The number of rotatable bonds is 2. The van der Waals surface area contributed by atoms with E-state index in [9.17, 15) is 14.7 Å². The van der Waals surface area contributed by atoms with Crippen molar-refractivity contribution in [1.82, 2.24) is 0 Å². The van der Waals surface area contributed by atoms with Crippen LogP contribution in [0.1, 0.15) is 16.7 Å². The smallest absolute Gasteiger partial charge is 0.340 e. The fourth-order valence-corrected chi connectivity index (χ4v) is 3.98. The SMILES string of the molecule is O=C(O)C1=C2C(=C(c3ccccc3)C1=O)c1cccc3cccc2c13. The van der Waals surface area contributed by atoms with Gasteiger partial charge in [-0.2, -0.15) is 0 Å². The molecule has 1 N–H and O–H groups in total. The van der Waals surface area contributed by atoms with Gasteiger partial charge in [0.2, 0.25) is 5.78 Å². The lowest BCUT2D eigenvalue weighted by molar-refractivity contribution is -0.133. The van der Waals surface area contributed by atoms with Crippen molar-refractivity contribution in [2.45, 2.75) is 0 Å². The van der Waals surface area contributed by atoms with Crippen molar-refractivity contribution >= 4 is 39.2 Å². The van der Waals surface area contributed by atoms with Crippen molar-refractivity contribution in [2.24, 2.45) is 0 Å². The number of carbonyl (C=O) groups is 2. The lowest BCUT2D eigenvalue weighted by Crippen LogP contribution is -2.11. The summed E-state index contributed by atoms with van der Waals surface area (Å²) in [6.45, 7) is 0. The van der Waals surface area contributed by atoms with Gasteiger partial charge in [0.1, 0.15) is 5.57 Å². The van der Waals surface area contributed by atoms with Gasteiger partial charge in [-0.15, -0.1) is 0 Å². The van der Waals surface area contributed by atoms with Gasteiger partial charge in [-0.25, -0.2) is 4.79 Å². The number of carboxylic acids is 1. The van der Waals surface area contributed by atoms with Crippen molar-refractivity contribution in [3.8, 4) is 0 Å². The molecule has 118 valence electrons. The Labute approximate surface area is 143 Å². The highest BCUT2D eigenvalue weighted by Crippen LogP contribution is 2.54. The lowest BCUT2D eigenvalue weighted by atomic mass is 9.95. The summed E-state index contributed by atoms with van der Waals surface area (Å²) < 4.78 is 0. The minimum atomic E-state index is -1.17. The molecule has 0 spiro atoms. The number of benzene rings is 3. The molecule has 3 nitrogen and oxygen atoms in total. The Morgan fingerprint density at radius 1 is 0.720 bits per heavy atom. The minimum absolute atomic E-state index is 0.127. The first-order valence-corrected chi connectivity index (χ1v) is 8.03. The predicted octanol–water partition coefficient (Wildman–Crippen LogP) is 4.19. The minimum Gasteiger partial charge on any atom is -0.478 e. The molecule has 0 heterocycles. The third kappa shape index (κ3) is 1.69. The molecular formula is C22H12O3. The topological polar surface area (TPSA) is 54.4 Å². The monoisotopic (exact) mass is 324 g/mol. The van der Waals surface area contributed by atoms with Crippen molar-refractivity contribution in [2.75, 3.05) is 0 Å². The van der Waals surface area contributed by atoms with Gasteiger partial charge >= 0.3 is 5.97 Å². The Balaban J connectivity index is 1.96. The number of fused-ring (bicyclic) bond motifs is 3. The first-order valence-electron chi connectivity index (χ1n) is 8.03. The third-order valence-electron chi connectivity index (χ3n) is 4.92. The van der Waals surface area contributed by atoms with Crippen LogP contribution >= 0.6 is 0 Å². The van der Waals surface area contributed by atoms with Gasteiger partial charge in [-0.05, 0) is 27.5 Å². The highest BCUT2D eigenvalue weighted by molar-refractivity contribution is 6.55. The van der Waals surface area contributed by atoms with E-state index >= 15 is 0 Å². The number of carboxylic acid groups (broad SMARTS) is 1. The molecule has 0 atom stereocenters. The standard InChI is InChI=1S/C22H12O3/c23-21-17(13-6-2-1-3-7-13)18-14-10-4-8-12-9-5-11-15(16(12)14)19(18)20(21)22(24)25/h1-11H,(H,24,25). The molecule has 0 amide bonds. The summed E-state index contributed by atoms with van der Waals surface area (Å²) in [5.74, 6) is -1.58. The summed E-state index contributed by atoms with van der Waals surface area (Å²) in [6, 6.07) is 21.0. The summed E-state index contributed by atoms with van der Waals surface area (Å²) in [5, 5.41) is 11.8. The molecule has 3 aromatic carbocycles. The van der Waals surface area contributed by atoms with E-state index in [1.807, 2.05) is 66.7 Å². The van der Waals surface area contributed by atoms with Crippen molar-refractivity contribution in [3.05, 3.63) is 89.0 Å². The van der Waals surface area contributed by atoms with Crippen LogP contribution in [-0.2, 0) is 9.59 Å². The third-order valence-corrected chi connectivity index (χ3v) is 4.92. The second kappa shape index (κ2) is 4.77. The molecule has 25 heavy (non-hydrogen) atoms. The number of hydrogen-bond acceptors (Lipinski definition) is 2. The number of allylic oxidation sites excluding steroid dienone is 3. The molecule has 0 saturated carbocycles. The molecule has 0 radical (unpaired) electrons. The zero-order valence-corrected chi connectivity index (χ0v) is 13.1. The van der Waals surface area contributed by atoms with Gasteiger partial charge < -0.3 is 5.11 Å². The average molecular weight is 324 g/mol. The van der Waals surface area contributed by atoms with Crippen molar-refractivity contribution in [1.29, 1.82) is 0 Å².